The van der Waals surface area contributed by atoms with Crippen molar-refractivity contribution in [2.24, 2.45) is 0 Å². The van der Waals surface area contributed by atoms with Gasteiger partial charge in [-0.1, -0.05) is 0 Å². The molecule has 0 saturated carbocycles. The van der Waals surface area contributed by atoms with E-state index in [-0.39, 0.29) is 5.69 Å². The molecule has 7 heteroatoms. The Kier molecular flexibility index (Phi) is 3.08. The number of nitrogens with two attached hydrogens (primary N) is 1. The highest BCUT2D eigenvalue weighted by Crippen LogP contribution is 2.29. The van der Waals surface area contributed by atoms with Gasteiger partial charge in [0.1, 0.15) is 5.82 Å². The molecule has 0 aliphatic heterocycles. The van der Waals surface area contributed by atoms with Gasteiger partial charge in [0, 0.05) is 27.9 Å². The lowest BCUT2D eigenvalue weighted by molar-refractivity contribution is -0.385. The number of halogens is 1. The van der Waals surface area contributed by atoms with E-state index < -0.39 is 4.92 Å². The van der Waals surface area contributed by atoms with Crippen molar-refractivity contribution in [3.05, 3.63) is 44.0 Å². The predicted octanol–water partition coefficient (Wildman–Crippen LogP) is 2.74. The molecule has 0 saturated heterocycles. The predicted molar refractivity (Wildman–Crippen MR) is 71.8 cm³/mol. The van der Waals surface area contributed by atoms with Crippen molar-refractivity contribution < 1.29 is 4.92 Å². The second-order valence-corrected chi connectivity index (χ2v) is 4.84. The van der Waals surface area contributed by atoms with Crippen LogP contribution in [0.5, 0.6) is 0 Å². The number of nitrogen functional groups attached to an aromatic ring is 1. The number of rotatable bonds is 2. The van der Waals surface area contributed by atoms with Crippen LogP contribution >= 0.6 is 15.9 Å². The minimum absolute atomic E-state index is 0.0555. The van der Waals surface area contributed by atoms with Crippen molar-refractivity contribution in [1.82, 2.24) is 9.78 Å². The maximum atomic E-state index is 10.9. The number of aromatic nitrogens is 2. The van der Waals surface area contributed by atoms with E-state index >= 15 is 0 Å². The van der Waals surface area contributed by atoms with Crippen LogP contribution in [0.1, 0.15) is 11.1 Å². The highest BCUT2D eigenvalue weighted by Gasteiger charge is 2.16. The zero-order chi connectivity index (χ0) is 13.4. The molecule has 0 radical (unpaired) electrons. The Balaban J connectivity index is 2.64. The fourth-order valence-electron chi connectivity index (χ4n) is 1.62. The van der Waals surface area contributed by atoms with Crippen molar-refractivity contribution in [2.45, 2.75) is 13.8 Å². The van der Waals surface area contributed by atoms with Crippen molar-refractivity contribution in [3.63, 3.8) is 0 Å². The SMILES string of the molecule is Cc1cc(Br)c(-n2cc(C)c(N)n2)cc1[N+](=O)[O-]. The molecule has 94 valence electrons. The summed E-state index contributed by atoms with van der Waals surface area (Å²) in [5.41, 5.74) is 7.73. The maximum absolute atomic E-state index is 10.9. The number of nitrogens with zero attached hydrogens (tertiary/aromatic N) is 3. The second kappa shape index (κ2) is 4.41. The van der Waals surface area contributed by atoms with Crippen LogP contribution in [0.4, 0.5) is 11.5 Å². The van der Waals surface area contributed by atoms with E-state index in [0.29, 0.717) is 17.1 Å². The Morgan fingerprint density at radius 2 is 2.06 bits per heavy atom. The van der Waals surface area contributed by atoms with Crippen molar-refractivity contribution in [3.8, 4) is 5.69 Å². The fourth-order valence-corrected chi connectivity index (χ4v) is 2.26. The first-order chi connectivity index (χ1) is 8.40. The molecular formula is C11H11BrN4O2. The quantitative estimate of drug-likeness (QED) is 0.682. The summed E-state index contributed by atoms with van der Waals surface area (Å²) in [6.07, 6.45) is 1.73. The van der Waals surface area contributed by atoms with E-state index in [2.05, 4.69) is 21.0 Å². The molecule has 0 aliphatic rings. The standard InChI is InChI=1S/C11H11BrN4O2/c1-6-3-8(12)10(4-9(6)16(17)18)15-5-7(2)11(13)14-15/h3-5H,1-2H3,(H2,13,14). The number of anilines is 1. The van der Waals surface area contributed by atoms with Gasteiger partial charge in [0.2, 0.25) is 0 Å². The van der Waals surface area contributed by atoms with Crippen molar-refractivity contribution in [2.75, 3.05) is 5.73 Å². The Morgan fingerprint density at radius 1 is 1.39 bits per heavy atom. The molecule has 0 spiro atoms. The first kappa shape index (κ1) is 12.6. The molecule has 0 atom stereocenters. The average molecular weight is 311 g/mol. The van der Waals surface area contributed by atoms with E-state index in [4.69, 9.17) is 5.73 Å². The van der Waals surface area contributed by atoms with Gasteiger partial charge in [0.25, 0.3) is 5.69 Å². The number of benzene rings is 1. The lowest BCUT2D eigenvalue weighted by atomic mass is 10.2. The highest BCUT2D eigenvalue weighted by molar-refractivity contribution is 9.10. The van der Waals surface area contributed by atoms with E-state index in [1.54, 1.807) is 19.2 Å². The summed E-state index contributed by atoms with van der Waals surface area (Å²) in [6, 6.07) is 3.17. The van der Waals surface area contributed by atoms with Gasteiger partial charge >= 0.3 is 0 Å². The molecule has 2 aromatic rings. The summed E-state index contributed by atoms with van der Waals surface area (Å²) in [6.45, 7) is 3.52. The molecule has 1 aromatic carbocycles. The Labute approximate surface area is 112 Å². The van der Waals surface area contributed by atoms with Crippen LogP contribution < -0.4 is 5.73 Å². The molecule has 18 heavy (non-hydrogen) atoms. The average Bonchev–Trinajstić information content (AvgIpc) is 2.58. The first-order valence-electron chi connectivity index (χ1n) is 5.17. The van der Waals surface area contributed by atoms with Crippen molar-refractivity contribution >= 4 is 27.4 Å². The van der Waals surface area contributed by atoms with Gasteiger partial charge in [-0.15, -0.1) is 0 Å². The molecule has 2 N–H and O–H groups in total. The van der Waals surface area contributed by atoms with E-state index in [0.717, 1.165) is 10.0 Å². The van der Waals surface area contributed by atoms with E-state index in [1.165, 1.54) is 10.7 Å². The van der Waals surface area contributed by atoms with Crippen LogP contribution in [0.3, 0.4) is 0 Å². The number of hydrogen-bond acceptors (Lipinski definition) is 4. The van der Waals surface area contributed by atoms with Crippen LogP contribution in [0, 0.1) is 24.0 Å². The van der Waals surface area contributed by atoms with E-state index in [1.807, 2.05) is 6.92 Å². The minimum Gasteiger partial charge on any atom is -0.382 e. The fraction of sp³-hybridized carbons (Fsp3) is 0.182. The van der Waals surface area contributed by atoms with Crippen LogP contribution in [-0.2, 0) is 0 Å². The zero-order valence-electron chi connectivity index (χ0n) is 9.85. The number of aryl methyl sites for hydroxylation is 2. The van der Waals surface area contributed by atoms with Gasteiger partial charge in [-0.05, 0) is 35.8 Å². The third kappa shape index (κ3) is 2.08. The molecule has 1 aromatic heterocycles. The summed E-state index contributed by atoms with van der Waals surface area (Å²) in [7, 11) is 0. The number of nitro benzene ring substituents is 1. The molecule has 0 unspecified atom stereocenters. The molecule has 2 rings (SSSR count). The maximum Gasteiger partial charge on any atom is 0.274 e. The van der Waals surface area contributed by atoms with Gasteiger partial charge in [-0.3, -0.25) is 10.1 Å². The Hall–Kier alpha value is -1.89. The van der Waals surface area contributed by atoms with Gasteiger partial charge in [-0.2, -0.15) is 5.10 Å². The smallest absolute Gasteiger partial charge is 0.274 e. The normalized spacial score (nSPS) is 10.6. The minimum atomic E-state index is -0.412. The summed E-state index contributed by atoms with van der Waals surface area (Å²) >= 11 is 3.38. The number of nitro groups is 1. The lowest BCUT2D eigenvalue weighted by Gasteiger charge is -2.06. The largest absolute Gasteiger partial charge is 0.382 e. The zero-order valence-corrected chi connectivity index (χ0v) is 11.4. The second-order valence-electron chi connectivity index (χ2n) is 3.99. The molecular weight excluding hydrogens is 300 g/mol. The third-order valence-corrected chi connectivity index (χ3v) is 3.28. The third-order valence-electron chi connectivity index (χ3n) is 2.64. The van der Waals surface area contributed by atoms with Gasteiger partial charge in [0.15, 0.2) is 0 Å². The summed E-state index contributed by atoms with van der Waals surface area (Å²) in [5.74, 6) is 0.408. The van der Waals surface area contributed by atoms with Gasteiger partial charge in [-0.25, -0.2) is 4.68 Å². The van der Waals surface area contributed by atoms with Crippen LogP contribution in [0.2, 0.25) is 0 Å². The Morgan fingerprint density at radius 3 is 2.56 bits per heavy atom. The first-order valence-corrected chi connectivity index (χ1v) is 5.96. The van der Waals surface area contributed by atoms with Crippen LogP contribution in [-0.4, -0.2) is 14.7 Å². The summed E-state index contributed by atoms with van der Waals surface area (Å²) in [5, 5.41) is 15.0. The molecule has 6 nitrogen and oxygen atoms in total. The van der Waals surface area contributed by atoms with Crippen molar-refractivity contribution in [1.29, 1.82) is 0 Å². The topological polar surface area (TPSA) is 87.0 Å². The van der Waals surface area contributed by atoms with Crippen LogP contribution in [0.15, 0.2) is 22.8 Å². The number of hydrogen-bond donors (Lipinski definition) is 1. The molecule has 1 heterocycles. The molecule has 0 amide bonds. The summed E-state index contributed by atoms with van der Waals surface area (Å²) in [4.78, 5) is 10.5. The lowest BCUT2D eigenvalue weighted by Crippen LogP contribution is -2.00. The van der Waals surface area contributed by atoms with Gasteiger partial charge in [0.05, 0.1) is 10.6 Å². The monoisotopic (exact) mass is 310 g/mol. The summed E-state index contributed by atoms with van der Waals surface area (Å²) < 4.78 is 2.26. The van der Waals surface area contributed by atoms with Gasteiger partial charge < -0.3 is 5.73 Å². The van der Waals surface area contributed by atoms with Crippen LogP contribution in [0.25, 0.3) is 5.69 Å². The molecule has 0 aliphatic carbocycles. The highest BCUT2D eigenvalue weighted by atomic mass is 79.9. The van der Waals surface area contributed by atoms with E-state index in [9.17, 15) is 10.1 Å². The Bertz CT molecular complexity index is 617. The molecule has 0 bridgehead atoms. The molecule has 0 fully saturated rings.